The third kappa shape index (κ3) is 0.504. The highest BCUT2D eigenvalue weighted by Gasteiger charge is 2.48. The average Bonchev–Trinajstić information content (AvgIpc) is 2.22. The van der Waals surface area contributed by atoms with Gasteiger partial charge in [0.2, 0.25) is 0 Å². The van der Waals surface area contributed by atoms with Crippen molar-refractivity contribution in [2.75, 3.05) is 7.11 Å². The molecule has 6 heavy (non-hydrogen) atoms. The van der Waals surface area contributed by atoms with Crippen LogP contribution in [-0.4, -0.2) is 18.4 Å². The third-order valence-electron chi connectivity index (χ3n) is 0.484. The van der Waals surface area contributed by atoms with E-state index in [2.05, 4.69) is 14.5 Å². The van der Waals surface area contributed by atoms with Crippen LogP contribution < -0.4 is 0 Å². The van der Waals surface area contributed by atoms with Gasteiger partial charge in [-0.2, -0.15) is 0 Å². The molecular formula is C2H4O4. The SMILES string of the molecule is COC1(O)OO1. The summed E-state index contributed by atoms with van der Waals surface area (Å²) in [5, 5.41) is 8.27. The molecular weight excluding hydrogens is 88.0 g/mol. The maximum atomic E-state index is 8.27. The second kappa shape index (κ2) is 0.913. The number of ether oxygens (including phenoxy) is 1. The van der Waals surface area contributed by atoms with Crippen LogP contribution in [-0.2, 0) is 14.5 Å². The number of hydrogen-bond donors (Lipinski definition) is 1. The zero-order valence-electron chi connectivity index (χ0n) is 3.17. The molecule has 0 bridgehead atoms. The number of hydrogen-bond acceptors (Lipinski definition) is 4. The van der Waals surface area contributed by atoms with E-state index in [-0.39, 0.29) is 0 Å². The molecule has 1 aliphatic heterocycles. The van der Waals surface area contributed by atoms with Gasteiger partial charge < -0.3 is 9.84 Å². The summed E-state index contributed by atoms with van der Waals surface area (Å²) in [6.07, 6.45) is -1.71. The summed E-state index contributed by atoms with van der Waals surface area (Å²) in [4.78, 5) is 7.76. The third-order valence-corrected chi connectivity index (χ3v) is 0.484. The molecule has 36 valence electrons. The zero-order chi connectivity index (χ0) is 4.62. The molecule has 1 rings (SSSR count). The maximum absolute atomic E-state index is 8.27. The Balaban J connectivity index is 2.28. The number of methoxy groups -OCH3 is 1. The van der Waals surface area contributed by atoms with E-state index >= 15 is 0 Å². The minimum absolute atomic E-state index is 1.27. The Morgan fingerprint density at radius 1 is 1.67 bits per heavy atom. The Hall–Kier alpha value is -0.160. The van der Waals surface area contributed by atoms with Crippen molar-refractivity contribution in [1.29, 1.82) is 0 Å². The first kappa shape index (κ1) is 4.01. The van der Waals surface area contributed by atoms with E-state index in [1.54, 1.807) is 0 Å². The Bertz CT molecular complexity index is 56.6. The van der Waals surface area contributed by atoms with E-state index in [1.807, 2.05) is 0 Å². The lowest BCUT2D eigenvalue weighted by molar-refractivity contribution is -0.192. The minimum Gasteiger partial charge on any atom is -0.315 e. The summed E-state index contributed by atoms with van der Waals surface area (Å²) in [5.41, 5.74) is 0. The summed E-state index contributed by atoms with van der Waals surface area (Å²) < 4.78 is 4.16. The van der Waals surface area contributed by atoms with E-state index < -0.39 is 6.16 Å². The van der Waals surface area contributed by atoms with Gasteiger partial charge in [0.15, 0.2) is 0 Å². The van der Waals surface area contributed by atoms with E-state index in [1.165, 1.54) is 7.11 Å². The summed E-state index contributed by atoms with van der Waals surface area (Å²) in [6.45, 7) is 0. The van der Waals surface area contributed by atoms with E-state index in [0.717, 1.165) is 0 Å². The Morgan fingerprint density at radius 3 is 2.17 bits per heavy atom. The smallest absolute Gasteiger partial charge is 0.315 e. The maximum Gasteiger partial charge on any atom is 0.464 e. The molecule has 1 N–H and O–H groups in total. The van der Waals surface area contributed by atoms with E-state index in [4.69, 9.17) is 5.11 Å². The van der Waals surface area contributed by atoms with Gasteiger partial charge in [0.05, 0.1) is 0 Å². The van der Waals surface area contributed by atoms with Gasteiger partial charge in [-0.25, -0.2) is 0 Å². The Morgan fingerprint density at radius 2 is 2.17 bits per heavy atom. The predicted molar refractivity (Wildman–Crippen MR) is 14.1 cm³/mol. The van der Waals surface area contributed by atoms with Crippen molar-refractivity contribution >= 4 is 0 Å². The number of rotatable bonds is 1. The fraction of sp³-hybridized carbons (Fsp3) is 1.00. The van der Waals surface area contributed by atoms with Gasteiger partial charge in [-0.05, 0) is 0 Å². The summed E-state index contributed by atoms with van der Waals surface area (Å²) >= 11 is 0. The van der Waals surface area contributed by atoms with Crippen LogP contribution in [0.5, 0.6) is 0 Å². The second-order valence-corrected chi connectivity index (χ2v) is 0.895. The molecule has 0 radical (unpaired) electrons. The van der Waals surface area contributed by atoms with Gasteiger partial charge in [-0.1, -0.05) is 0 Å². The predicted octanol–water partition coefficient (Wildman–Crippen LogP) is -0.802. The molecule has 1 aliphatic rings. The zero-order valence-corrected chi connectivity index (χ0v) is 3.17. The quantitative estimate of drug-likeness (QED) is 0.261. The minimum atomic E-state index is -1.71. The van der Waals surface area contributed by atoms with Crippen LogP contribution in [0, 0.1) is 0 Å². The first-order valence-corrected chi connectivity index (χ1v) is 1.41. The van der Waals surface area contributed by atoms with Crippen LogP contribution in [0.1, 0.15) is 0 Å². The van der Waals surface area contributed by atoms with Crippen molar-refractivity contribution in [3.05, 3.63) is 0 Å². The molecule has 0 spiro atoms. The van der Waals surface area contributed by atoms with Gasteiger partial charge in [-0.15, -0.1) is 9.78 Å². The van der Waals surface area contributed by atoms with Crippen molar-refractivity contribution < 1.29 is 19.6 Å². The molecule has 4 nitrogen and oxygen atoms in total. The average molecular weight is 92.0 g/mol. The monoisotopic (exact) mass is 92.0 g/mol. The van der Waals surface area contributed by atoms with Gasteiger partial charge in [0.25, 0.3) is 0 Å². The van der Waals surface area contributed by atoms with Gasteiger partial charge in [-0.3, -0.25) is 0 Å². The molecule has 4 heteroatoms. The van der Waals surface area contributed by atoms with Crippen molar-refractivity contribution in [2.24, 2.45) is 0 Å². The first-order valence-electron chi connectivity index (χ1n) is 1.41. The van der Waals surface area contributed by atoms with Gasteiger partial charge >= 0.3 is 6.16 Å². The fourth-order valence-electron chi connectivity index (χ4n) is 0.104. The van der Waals surface area contributed by atoms with Crippen LogP contribution in [0.15, 0.2) is 0 Å². The summed E-state index contributed by atoms with van der Waals surface area (Å²) in [5.74, 6) is 0. The molecule has 0 aromatic heterocycles. The molecule has 0 unspecified atom stereocenters. The Kier molecular flexibility index (Phi) is 0.611. The largest absolute Gasteiger partial charge is 0.464 e. The summed E-state index contributed by atoms with van der Waals surface area (Å²) in [6, 6.07) is 0. The van der Waals surface area contributed by atoms with Gasteiger partial charge in [0.1, 0.15) is 0 Å². The van der Waals surface area contributed by atoms with Crippen molar-refractivity contribution in [1.82, 2.24) is 0 Å². The van der Waals surface area contributed by atoms with Crippen molar-refractivity contribution in [2.45, 2.75) is 6.16 Å². The highest BCUT2D eigenvalue weighted by atomic mass is 17.5. The molecule has 0 amide bonds. The normalized spacial score (nSPS) is 27.0. The van der Waals surface area contributed by atoms with Crippen molar-refractivity contribution in [3.8, 4) is 0 Å². The van der Waals surface area contributed by atoms with Crippen LogP contribution in [0.3, 0.4) is 0 Å². The van der Waals surface area contributed by atoms with Crippen LogP contribution in [0.25, 0.3) is 0 Å². The van der Waals surface area contributed by atoms with Crippen LogP contribution >= 0.6 is 0 Å². The lowest BCUT2D eigenvalue weighted by Gasteiger charge is -1.87. The lowest BCUT2D eigenvalue weighted by Crippen LogP contribution is -2.09. The highest BCUT2D eigenvalue weighted by Crippen LogP contribution is 2.24. The van der Waals surface area contributed by atoms with Gasteiger partial charge in [0, 0.05) is 7.11 Å². The van der Waals surface area contributed by atoms with Crippen LogP contribution in [0.2, 0.25) is 0 Å². The summed E-state index contributed by atoms with van der Waals surface area (Å²) in [7, 11) is 1.27. The molecule has 1 heterocycles. The molecule has 0 aromatic rings. The fourth-order valence-corrected chi connectivity index (χ4v) is 0.104. The first-order chi connectivity index (χ1) is 2.77. The molecule has 0 aliphatic carbocycles. The van der Waals surface area contributed by atoms with E-state index in [0.29, 0.717) is 0 Å². The molecule has 1 fully saturated rings. The number of aliphatic hydroxyl groups is 1. The topological polar surface area (TPSA) is 54.5 Å². The standard InChI is InChI=1S/C2H4O4/c1-4-2(3)5-6-2/h3H,1H3. The second-order valence-electron chi connectivity index (χ2n) is 0.895. The molecule has 0 atom stereocenters. The Labute approximate surface area is 34.2 Å². The molecule has 1 saturated heterocycles. The van der Waals surface area contributed by atoms with E-state index in [9.17, 15) is 0 Å². The van der Waals surface area contributed by atoms with Crippen molar-refractivity contribution in [3.63, 3.8) is 0 Å². The lowest BCUT2D eigenvalue weighted by atomic mass is 11.2. The van der Waals surface area contributed by atoms with Crippen LogP contribution in [0.4, 0.5) is 0 Å². The molecule has 0 aromatic carbocycles. The highest BCUT2D eigenvalue weighted by molar-refractivity contribution is 4.31. The molecule has 0 saturated carbocycles.